The van der Waals surface area contributed by atoms with Gasteiger partial charge in [-0.25, -0.2) is 0 Å². The van der Waals surface area contributed by atoms with Crippen molar-refractivity contribution in [2.45, 2.75) is 62.9 Å². The van der Waals surface area contributed by atoms with Crippen LogP contribution < -0.4 is 0 Å². The summed E-state index contributed by atoms with van der Waals surface area (Å²) < 4.78 is 11.7. The predicted octanol–water partition coefficient (Wildman–Crippen LogP) is 1.63. The van der Waals surface area contributed by atoms with Crippen LogP contribution in [0.3, 0.4) is 0 Å². The van der Waals surface area contributed by atoms with E-state index in [2.05, 4.69) is 6.58 Å². The van der Waals surface area contributed by atoms with Gasteiger partial charge in [0.1, 0.15) is 17.5 Å². The fourth-order valence-corrected chi connectivity index (χ4v) is 6.45. The fraction of sp³-hybridized carbons (Fsp3) is 0.789. The van der Waals surface area contributed by atoms with Gasteiger partial charge in [-0.3, -0.25) is 9.59 Å². The van der Waals surface area contributed by atoms with Gasteiger partial charge in [0.2, 0.25) is 0 Å². The largest absolute Gasteiger partial charge is 0.462 e. The van der Waals surface area contributed by atoms with E-state index in [-0.39, 0.29) is 53.6 Å². The Bertz CT molecular complexity index is 667. The molecule has 3 aliphatic carbocycles. The van der Waals surface area contributed by atoms with Crippen LogP contribution in [0.25, 0.3) is 0 Å². The van der Waals surface area contributed by atoms with Crippen LogP contribution in [-0.4, -0.2) is 40.3 Å². The van der Waals surface area contributed by atoms with Crippen molar-refractivity contribution in [1.82, 2.24) is 0 Å². The van der Waals surface area contributed by atoms with Gasteiger partial charge < -0.3 is 14.6 Å². The molecule has 2 heterocycles. The number of esters is 1. The third-order valence-corrected chi connectivity index (χ3v) is 7.58. The number of ether oxygens (including phenoxy) is 2. The molecule has 1 N–H and O–H groups in total. The van der Waals surface area contributed by atoms with Gasteiger partial charge in [-0.05, 0) is 38.5 Å². The molecule has 0 unspecified atom stereocenters. The second kappa shape index (κ2) is 4.31. The predicted molar refractivity (Wildman–Crippen MR) is 83.8 cm³/mol. The number of Topliss-reactive ketones (excluding diaryl/α,β-unsaturated/α-hetero) is 1. The van der Waals surface area contributed by atoms with Crippen molar-refractivity contribution >= 4 is 11.8 Å². The maximum Gasteiger partial charge on any atom is 0.310 e. The van der Waals surface area contributed by atoms with Crippen molar-refractivity contribution < 1.29 is 24.2 Å². The lowest BCUT2D eigenvalue weighted by atomic mass is 9.64. The highest BCUT2D eigenvalue weighted by Crippen LogP contribution is 2.69. The first-order valence-electron chi connectivity index (χ1n) is 9.05. The summed E-state index contributed by atoms with van der Waals surface area (Å²) in [6, 6.07) is 0. The number of carbonyl (C=O) groups excluding carboxylic acids is 2. The molecule has 0 amide bonds. The summed E-state index contributed by atoms with van der Waals surface area (Å²) in [5.41, 5.74) is -0.662. The van der Waals surface area contributed by atoms with Crippen molar-refractivity contribution in [3.8, 4) is 0 Å². The summed E-state index contributed by atoms with van der Waals surface area (Å²) in [6.07, 6.45) is 2.00. The summed E-state index contributed by atoms with van der Waals surface area (Å²) in [6.45, 7) is 7.79. The van der Waals surface area contributed by atoms with E-state index in [1.54, 1.807) is 6.92 Å². The Balaban J connectivity index is 1.60. The molecule has 2 aliphatic heterocycles. The van der Waals surface area contributed by atoms with E-state index in [1.807, 2.05) is 6.92 Å². The molecule has 1 spiro atoms. The highest BCUT2D eigenvalue weighted by Gasteiger charge is 2.82. The van der Waals surface area contributed by atoms with E-state index in [0.717, 1.165) is 12.0 Å². The number of hydrogen-bond acceptors (Lipinski definition) is 5. The number of epoxide rings is 1. The first-order chi connectivity index (χ1) is 11.3. The Hall–Kier alpha value is -1.20. The Labute approximate surface area is 141 Å². The SMILES string of the molecule is C=C(C)[C@@H]1CC(=O)[C@@H]2C[C@H]3O[C@@]34[C@@H]3[C@@H](C(=O)O[C@@H]3C[C@]4(C)O)[C@H]2C1. The molecule has 130 valence electrons. The molecule has 3 saturated carbocycles. The topological polar surface area (TPSA) is 76.1 Å². The summed E-state index contributed by atoms with van der Waals surface area (Å²) in [7, 11) is 0. The molecule has 0 bridgehead atoms. The molecule has 5 rings (SSSR count). The van der Waals surface area contributed by atoms with Crippen LogP contribution in [0.5, 0.6) is 0 Å². The highest BCUT2D eigenvalue weighted by atomic mass is 16.6. The lowest BCUT2D eigenvalue weighted by molar-refractivity contribution is -0.149. The number of allylic oxidation sites excluding steroid dienone is 1. The zero-order valence-corrected chi connectivity index (χ0v) is 14.2. The standard InChI is InChI=1S/C19H24O5/c1-8(2)9-4-11-10(12(20)5-9)6-14-19(24-14)16-13(7-18(19,3)22)23-17(21)15(11)16/h9-11,13-16,22H,1,4-7H2,2-3H3/t9-,10+,11-,13+,14+,15-,16-,18-,19+/m0/s1. The first-order valence-corrected chi connectivity index (χ1v) is 9.05. The average Bonchev–Trinajstić information content (AvgIpc) is 3.08. The van der Waals surface area contributed by atoms with Gasteiger partial charge in [0.15, 0.2) is 0 Å². The minimum atomic E-state index is -0.990. The Morgan fingerprint density at radius 2 is 2.08 bits per heavy atom. The molecule has 5 nitrogen and oxygen atoms in total. The lowest BCUT2D eigenvalue weighted by Gasteiger charge is -2.38. The number of fused-ring (bicyclic) bond motifs is 2. The van der Waals surface area contributed by atoms with E-state index in [4.69, 9.17) is 9.47 Å². The molecular weight excluding hydrogens is 308 g/mol. The van der Waals surface area contributed by atoms with Gasteiger partial charge in [0.25, 0.3) is 0 Å². The second-order valence-corrected chi connectivity index (χ2v) is 8.86. The molecule has 5 heteroatoms. The van der Waals surface area contributed by atoms with Gasteiger partial charge in [-0.1, -0.05) is 12.2 Å². The van der Waals surface area contributed by atoms with Gasteiger partial charge in [0, 0.05) is 24.7 Å². The van der Waals surface area contributed by atoms with Crippen LogP contribution in [0.15, 0.2) is 12.2 Å². The maximum absolute atomic E-state index is 12.8. The average molecular weight is 332 g/mol. The number of aliphatic hydroxyl groups is 1. The van der Waals surface area contributed by atoms with Crippen LogP contribution in [-0.2, 0) is 19.1 Å². The molecule has 5 aliphatic rings. The van der Waals surface area contributed by atoms with Gasteiger partial charge in [-0.2, -0.15) is 0 Å². The van der Waals surface area contributed by atoms with Gasteiger partial charge >= 0.3 is 5.97 Å². The van der Waals surface area contributed by atoms with Gasteiger partial charge in [-0.15, -0.1) is 0 Å². The van der Waals surface area contributed by atoms with Crippen molar-refractivity contribution in [3.63, 3.8) is 0 Å². The third kappa shape index (κ3) is 1.58. The quantitative estimate of drug-likeness (QED) is 0.449. The number of ketones is 1. The fourth-order valence-electron chi connectivity index (χ4n) is 6.45. The highest BCUT2D eigenvalue weighted by molar-refractivity contribution is 5.85. The molecular formula is C19H24O5. The molecule has 0 aromatic rings. The molecule has 5 fully saturated rings. The van der Waals surface area contributed by atoms with Crippen molar-refractivity contribution in [1.29, 1.82) is 0 Å². The van der Waals surface area contributed by atoms with Crippen molar-refractivity contribution in [2.75, 3.05) is 0 Å². The minimum absolute atomic E-state index is 0.00220. The Kier molecular flexibility index (Phi) is 2.71. The van der Waals surface area contributed by atoms with E-state index < -0.39 is 11.2 Å². The van der Waals surface area contributed by atoms with Crippen LogP contribution in [0, 0.1) is 29.6 Å². The molecule has 0 aromatic carbocycles. The lowest BCUT2D eigenvalue weighted by Crippen LogP contribution is -2.46. The summed E-state index contributed by atoms with van der Waals surface area (Å²) in [4.78, 5) is 25.5. The zero-order chi connectivity index (χ0) is 17.0. The zero-order valence-electron chi connectivity index (χ0n) is 14.2. The van der Waals surface area contributed by atoms with E-state index in [0.29, 0.717) is 19.3 Å². The van der Waals surface area contributed by atoms with E-state index in [9.17, 15) is 14.7 Å². The monoisotopic (exact) mass is 332 g/mol. The number of rotatable bonds is 1. The molecule has 0 radical (unpaired) electrons. The third-order valence-electron chi connectivity index (χ3n) is 7.58. The first kappa shape index (κ1) is 15.1. The molecule has 0 aromatic heterocycles. The smallest absolute Gasteiger partial charge is 0.310 e. The molecule has 9 atom stereocenters. The summed E-state index contributed by atoms with van der Waals surface area (Å²) in [5.74, 6) is -0.412. The Morgan fingerprint density at radius 1 is 1.33 bits per heavy atom. The van der Waals surface area contributed by atoms with Crippen LogP contribution in [0.1, 0.15) is 39.5 Å². The summed E-state index contributed by atoms with van der Waals surface area (Å²) >= 11 is 0. The second-order valence-electron chi connectivity index (χ2n) is 8.86. The minimum Gasteiger partial charge on any atom is -0.462 e. The molecule has 24 heavy (non-hydrogen) atoms. The number of carbonyl (C=O) groups is 2. The van der Waals surface area contributed by atoms with E-state index >= 15 is 0 Å². The van der Waals surface area contributed by atoms with Crippen molar-refractivity contribution in [3.05, 3.63) is 12.2 Å². The summed E-state index contributed by atoms with van der Waals surface area (Å²) in [5, 5.41) is 10.9. The van der Waals surface area contributed by atoms with Crippen molar-refractivity contribution in [2.24, 2.45) is 29.6 Å². The molecule has 2 saturated heterocycles. The Morgan fingerprint density at radius 3 is 2.79 bits per heavy atom. The number of hydrogen-bond donors (Lipinski definition) is 1. The maximum atomic E-state index is 12.8. The van der Waals surface area contributed by atoms with E-state index in [1.165, 1.54) is 0 Å². The van der Waals surface area contributed by atoms with Crippen LogP contribution in [0.2, 0.25) is 0 Å². The van der Waals surface area contributed by atoms with Gasteiger partial charge in [0.05, 0.1) is 17.6 Å². The van der Waals surface area contributed by atoms with Crippen LogP contribution >= 0.6 is 0 Å². The van der Waals surface area contributed by atoms with Crippen LogP contribution in [0.4, 0.5) is 0 Å². The normalized spacial score (nSPS) is 57.5.